The first-order valence-electron chi connectivity index (χ1n) is 5.83. The van der Waals surface area contributed by atoms with Crippen molar-refractivity contribution in [1.82, 2.24) is 10.1 Å². The lowest BCUT2D eigenvalue weighted by Crippen LogP contribution is -2.14. The number of primary sulfonamides is 1. The molecule has 1 aromatic heterocycles. The molecular formula is C12H15N3O4S. The summed E-state index contributed by atoms with van der Waals surface area (Å²) in [6.45, 7) is 5.23. The van der Waals surface area contributed by atoms with Gasteiger partial charge in [-0.15, -0.1) is 0 Å². The second-order valence-electron chi connectivity index (χ2n) is 4.45. The van der Waals surface area contributed by atoms with Crippen LogP contribution in [0.3, 0.4) is 0 Å². The Balaban J connectivity index is 2.23. The Morgan fingerprint density at radius 3 is 2.50 bits per heavy atom. The van der Waals surface area contributed by atoms with Gasteiger partial charge in [-0.2, -0.15) is 4.98 Å². The molecule has 0 unspecified atom stereocenters. The lowest BCUT2D eigenvalue weighted by molar-refractivity contribution is 0.283. The molecule has 1 aromatic carbocycles. The minimum atomic E-state index is -3.73. The summed E-state index contributed by atoms with van der Waals surface area (Å²) in [5, 5.41) is 8.86. The molecular weight excluding hydrogens is 282 g/mol. The van der Waals surface area contributed by atoms with Crippen LogP contribution in [-0.2, 0) is 16.6 Å². The van der Waals surface area contributed by atoms with Crippen LogP contribution in [0, 0.1) is 20.8 Å². The highest BCUT2D eigenvalue weighted by Crippen LogP contribution is 2.25. The van der Waals surface area contributed by atoms with Gasteiger partial charge < -0.3 is 9.26 Å². The highest BCUT2D eigenvalue weighted by molar-refractivity contribution is 7.89. The van der Waals surface area contributed by atoms with Gasteiger partial charge in [0.1, 0.15) is 5.75 Å². The third-order valence-electron chi connectivity index (χ3n) is 2.71. The first-order valence-corrected chi connectivity index (χ1v) is 7.38. The van der Waals surface area contributed by atoms with Crippen molar-refractivity contribution in [2.75, 3.05) is 0 Å². The first kappa shape index (κ1) is 14.5. The number of benzene rings is 1. The third kappa shape index (κ3) is 3.14. The van der Waals surface area contributed by atoms with Crippen LogP contribution in [0.25, 0.3) is 0 Å². The van der Waals surface area contributed by atoms with Crippen molar-refractivity contribution in [2.45, 2.75) is 32.3 Å². The van der Waals surface area contributed by atoms with Crippen LogP contribution in [0.5, 0.6) is 5.75 Å². The van der Waals surface area contributed by atoms with E-state index in [1.54, 1.807) is 26.8 Å². The zero-order chi connectivity index (χ0) is 14.9. The summed E-state index contributed by atoms with van der Waals surface area (Å²) >= 11 is 0. The first-order chi connectivity index (χ1) is 9.27. The van der Waals surface area contributed by atoms with Crippen LogP contribution < -0.4 is 9.88 Å². The fraction of sp³-hybridized carbons (Fsp3) is 0.333. The molecule has 2 aromatic rings. The standard InChI is InChI=1S/C12H15N3O4S/c1-7-5-11(20(13,16)17)8(2)4-10(7)18-6-12-14-9(3)19-15-12/h4-5H,6H2,1-3H3,(H2,13,16,17). The van der Waals surface area contributed by atoms with E-state index in [0.717, 1.165) is 0 Å². The summed E-state index contributed by atoms with van der Waals surface area (Å²) in [7, 11) is -3.73. The van der Waals surface area contributed by atoms with Crippen molar-refractivity contribution >= 4 is 10.0 Å². The predicted octanol–water partition coefficient (Wildman–Crippen LogP) is 1.22. The van der Waals surface area contributed by atoms with E-state index in [2.05, 4.69) is 10.1 Å². The third-order valence-corrected chi connectivity index (χ3v) is 3.76. The fourth-order valence-electron chi connectivity index (χ4n) is 1.77. The normalized spacial score (nSPS) is 11.6. The Bertz CT molecular complexity index is 737. The molecule has 2 N–H and O–H groups in total. The van der Waals surface area contributed by atoms with E-state index < -0.39 is 10.0 Å². The lowest BCUT2D eigenvalue weighted by atomic mass is 10.1. The molecule has 0 amide bonds. The maximum absolute atomic E-state index is 11.4. The Morgan fingerprint density at radius 2 is 1.95 bits per heavy atom. The second-order valence-corrected chi connectivity index (χ2v) is 5.98. The molecule has 2 rings (SSSR count). The number of aryl methyl sites for hydroxylation is 3. The van der Waals surface area contributed by atoms with Crippen LogP contribution in [0.1, 0.15) is 22.8 Å². The summed E-state index contributed by atoms with van der Waals surface area (Å²) in [6, 6.07) is 3.11. The lowest BCUT2D eigenvalue weighted by Gasteiger charge is -2.11. The maximum atomic E-state index is 11.4. The molecule has 7 nitrogen and oxygen atoms in total. The molecule has 0 spiro atoms. The zero-order valence-corrected chi connectivity index (χ0v) is 12.2. The van der Waals surface area contributed by atoms with Crippen LogP contribution in [-0.4, -0.2) is 18.6 Å². The average molecular weight is 297 g/mol. The molecule has 0 aliphatic carbocycles. The van der Waals surface area contributed by atoms with Gasteiger partial charge in [0.15, 0.2) is 6.61 Å². The molecule has 8 heteroatoms. The van der Waals surface area contributed by atoms with Gasteiger partial charge in [0.2, 0.25) is 21.7 Å². The van der Waals surface area contributed by atoms with Gasteiger partial charge in [-0.05, 0) is 37.1 Å². The highest BCUT2D eigenvalue weighted by atomic mass is 32.2. The molecule has 20 heavy (non-hydrogen) atoms. The SMILES string of the molecule is Cc1nc(COc2cc(C)c(S(N)(=O)=O)cc2C)no1. The molecule has 1 heterocycles. The van der Waals surface area contributed by atoms with Gasteiger partial charge >= 0.3 is 0 Å². The molecule has 0 radical (unpaired) electrons. The fourth-order valence-corrected chi connectivity index (χ4v) is 2.62. The van der Waals surface area contributed by atoms with Crippen LogP contribution in [0.4, 0.5) is 0 Å². The monoisotopic (exact) mass is 297 g/mol. The molecule has 0 saturated heterocycles. The Hall–Kier alpha value is -1.93. The van der Waals surface area contributed by atoms with Gasteiger partial charge in [0, 0.05) is 6.92 Å². The molecule has 0 saturated carbocycles. The van der Waals surface area contributed by atoms with Crippen molar-refractivity contribution in [1.29, 1.82) is 0 Å². The molecule has 0 bridgehead atoms. The van der Waals surface area contributed by atoms with Crippen LogP contribution in [0.2, 0.25) is 0 Å². The zero-order valence-electron chi connectivity index (χ0n) is 11.4. The topological polar surface area (TPSA) is 108 Å². The molecule has 0 fully saturated rings. The second kappa shape index (κ2) is 5.22. The van der Waals surface area contributed by atoms with Crippen LogP contribution in [0.15, 0.2) is 21.6 Å². The number of nitrogens with zero attached hydrogens (tertiary/aromatic N) is 2. The van der Waals surface area contributed by atoms with E-state index in [9.17, 15) is 8.42 Å². The van der Waals surface area contributed by atoms with Crippen molar-refractivity contribution < 1.29 is 17.7 Å². The number of hydrogen-bond donors (Lipinski definition) is 1. The number of aromatic nitrogens is 2. The minimum absolute atomic E-state index is 0.0951. The summed E-state index contributed by atoms with van der Waals surface area (Å²) < 4.78 is 33.2. The number of sulfonamides is 1. The van der Waals surface area contributed by atoms with Gasteiger partial charge in [-0.1, -0.05) is 5.16 Å². The number of hydrogen-bond acceptors (Lipinski definition) is 6. The van der Waals surface area contributed by atoms with Crippen molar-refractivity contribution in [3.05, 3.63) is 35.0 Å². The smallest absolute Gasteiger partial charge is 0.238 e. The molecule has 108 valence electrons. The largest absolute Gasteiger partial charge is 0.485 e. The van der Waals surface area contributed by atoms with E-state index in [0.29, 0.717) is 28.6 Å². The summed E-state index contributed by atoms with van der Waals surface area (Å²) in [5.41, 5.74) is 1.19. The Kier molecular flexibility index (Phi) is 3.78. The van der Waals surface area contributed by atoms with Gasteiger partial charge in [0.25, 0.3) is 0 Å². The van der Waals surface area contributed by atoms with E-state index in [1.165, 1.54) is 6.07 Å². The highest BCUT2D eigenvalue weighted by Gasteiger charge is 2.15. The average Bonchev–Trinajstić information content (AvgIpc) is 2.74. The molecule has 0 aliphatic rings. The van der Waals surface area contributed by atoms with Gasteiger partial charge in [0.05, 0.1) is 4.90 Å². The predicted molar refractivity (Wildman–Crippen MR) is 70.7 cm³/mol. The quantitative estimate of drug-likeness (QED) is 0.909. The van der Waals surface area contributed by atoms with Gasteiger partial charge in [-0.25, -0.2) is 13.6 Å². The maximum Gasteiger partial charge on any atom is 0.238 e. The Morgan fingerprint density at radius 1 is 1.25 bits per heavy atom. The summed E-state index contributed by atoms with van der Waals surface area (Å²) in [5.74, 6) is 1.44. The number of nitrogens with two attached hydrogens (primary N) is 1. The van der Waals surface area contributed by atoms with E-state index in [4.69, 9.17) is 14.4 Å². The van der Waals surface area contributed by atoms with Crippen molar-refractivity contribution in [3.63, 3.8) is 0 Å². The van der Waals surface area contributed by atoms with E-state index >= 15 is 0 Å². The van der Waals surface area contributed by atoms with E-state index in [-0.39, 0.29) is 11.5 Å². The van der Waals surface area contributed by atoms with Crippen molar-refractivity contribution in [3.8, 4) is 5.75 Å². The minimum Gasteiger partial charge on any atom is -0.485 e. The summed E-state index contributed by atoms with van der Waals surface area (Å²) in [4.78, 5) is 4.11. The number of rotatable bonds is 4. The number of ether oxygens (including phenoxy) is 1. The Labute approximate surface area is 116 Å². The van der Waals surface area contributed by atoms with E-state index in [1.807, 2.05) is 0 Å². The van der Waals surface area contributed by atoms with Crippen molar-refractivity contribution in [2.24, 2.45) is 5.14 Å². The van der Waals surface area contributed by atoms with Gasteiger partial charge in [-0.3, -0.25) is 0 Å². The molecule has 0 atom stereocenters. The van der Waals surface area contributed by atoms with Crippen LogP contribution >= 0.6 is 0 Å². The molecule has 0 aliphatic heterocycles. The summed E-state index contributed by atoms with van der Waals surface area (Å²) in [6.07, 6.45) is 0.